The normalized spacial score (nSPS) is 12.6. The highest BCUT2D eigenvalue weighted by atomic mass is 79.9. The van der Waals surface area contributed by atoms with Gasteiger partial charge in [-0.15, -0.1) is 11.3 Å². The highest BCUT2D eigenvalue weighted by molar-refractivity contribution is 9.11. The quantitative estimate of drug-likeness (QED) is 0.872. The predicted octanol–water partition coefficient (Wildman–Crippen LogP) is 4.42. The van der Waals surface area contributed by atoms with Gasteiger partial charge in [0.05, 0.1) is 3.79 Å². The maximum Gasteiger partial charge on any atom is 0.0731 e. The molecule has 0 aromatic carbocycles. The van der Waals surface area contributed by atoms with Crippen molar-refractivity contribution in [3.63, 3.8) is 0 Å². The minimum absolute atomic E-state index is 0.341. The van der Waals surface area contributed by atoms with Crippen molar-refractivity contribution in [1.82, 2.24) is 10.3 Å². The summed E-state index contributed by atoms with van der Waals surface area (Å²) in [4.78, 5) is 5.88. The first-order valence-electron chi connectivity index (χ1n) is 6.51. The number of pyridine rings is 1. The topological polar surface area (TPSA) is 24.9 Å². The Kier molecular flexibility index (Phi) is 5.13. The van der Waals surface area contributed by atoms with Gasteiger partial charge in [0, 0.05) is 29.2 Å². The van der Waals surface area contributed by atoms with Gasteiger partial charge in [-0.2, -0.15) is 0 Å². The van der Waals surface area contributed by atoms with Crippen LogP contribution in [0.25, 0.3) is 0 Å². The van der Waals surface area contributed by atoms with Crippen molar-refractivity contribution in [2.24, 2.45) is 0 Å². The molecule has 1 N–H and O–H groups in total. The number of hydrogen-bond donors (Lipinski definition) is 1. The van der Waals surface area contributed by atoms with Crippen molar-refractivity contribution in [1.29, 1.82) is 0 Å². The Balaban J connectivity index is 2.23. The first-order valence-corrected chi connectivity index (χ1v) is 8.12. The fourth-order valence-electron chi connectivity index (χ4n) is 2.10. The van der Waals surface area contributed by atoms with Crippen LogP contribution in [0.1, 0.15) is 34.7 Å². The number of nitrogens with one attached hydrogen (secondary N) is 1. The number of aromatic nitrogens is 1. The molecular formula is C15H19BrN2S. The van der Waals surface area contributed by atoms with E-state index in [1.165, 1.54) is 25.5 Å². The molecule has 0 aliphatic carbocycles. The summed E-state index contributed by atoms with van der Waals surface area (Å²) in [6.45, 7) is 7.37. The van der Waals surface area contributed by atoms with Crippen molar-refractivity contribution in [3.05, 3.63) is 49.9 Å². The number of hydrogen-bond acceptors (Lipinski definition) is 3. The average molecular weight is 339 g/mol. The second-order valence-electron chi connectivity index (χ2n) is 4.69. The summed E-state index contributed by atoms with van der Waals surface area (Å²) in [5.74, 6) is 0. The zero-order valence-electron chi connectivity index (χ0n) is 11.5. The SMILES string of the molecule is CCNC(Cc1ncccc1C)c1cc(C)c(Br)s1. The Hall–Kier alpha value is -0.710. The summed E-state index contributed by atoms with van der Waals surface area (Å²) < 4.78 is 1.23. The third-order valence-corrected chi connectivity index (χ3v) is 5.44. The van der Waals surface area contributed by atoms with Gasteiger partial charge in [0.1, 0.15) is 0 Å². The first-order chi connectivity index (χ1) is 9.11. The summed E-state index contributed by atoms with van der Waals surface area (Å²) in [6.07, 6.45) is 2.81. The molecule has 0 amide bonds. The van der Waals surface area contributed by atoms with Gasteiger partial charge < -0.3 is 5.32 Å². The Labute approximate surface area is 127 Å². The Morgan fingerprint density at radius 2 is 2.16 bits per heavy atom. The van der Waals surface area contributed by atoms with Crippen molar-refractivity contribution in [3.8, 4) is 0 Å². The molecule has 1 unspecified atom stereocenters. The van der Waals surface area contributed by atoms with E-state index in [0.717, 1.165) is 13.0 Å². The Bertz CT molecular complexity index is 531. The lowest BCUT2D eigenvalue weighted by molar-refractivity contribution is 0.551. The zero-order valence-corrected chi connectivity index (χ0v) is 13.9. The van der Waals surface area contributed by atoms with Gasteiger partial charge in [0.25, 0.3) is 0 Å². The zero-order chi connectivity index (χ0) is 13.8. The lowest BCUT2D eigenvalue weighted by Crippen LogP contribution is -2.22. The van der Waals surface area contributed by atoms with Crippen LogP contribution in [0.15, 0.2) is 28.2 Å². The van der Waals surface area contributed by atoms with Crippen molar-refractivity contribution in [2.75, 3.05) is 6.54 Å². The Morgan fingerprint density at radius 3 is 2.74 bits per heavy atom. The van der Waals surface area contributed by atoms with E-state index < -0.39 is 0 Å². The van der Waals surface area contributed by atoms with Gasteiger partial charge in [0.15, 0.2) is 0 Å². The Morgan fingerprint density at radius 1 is 1.37 bits per heavy atom. The molecule has 4 heteroatoms. The first kappa shape index (κ1) is 14.7. The maximum absolute atomic E-state index is 4.51. The second-order valence-corrected chi connectivity index (χ2v) is 7.09. The molecule has 0 radical (unpaired) electrons. The summed E-state index contributed by atoms with van der Waals surface area (Å²) in [7, 11) is 0. The monoisotopic (exact) mass is 338 g/mol. The molecule has 102 valence electrons. The van der Waals surface area contributed by atoms with Crippen LogP contribution in [0.4, 0.5) is 0 Å². The number of thiophene rings is 1. The second kappa shape index (κ2) is 6.64. The molecule has 0 aliphatic rings. The fraction of sp³-hybridized carbons (Fsp3) is 0.400. The molecule has 2 rings (SSSR count). The van der Waals surface area contributed by atoms with E-state index in [4.69, 9.17) is 0 Å². The van der Waals surface area contributed by atoms with E-state index in [2.05, 4.69) is 59.1 Å². The number of likely N-dealkylation sites (N-methyl/N-ethyl adjacent to an activating group) is 1. The van der Waals surface area contributed by atoms with Gasteiger partial charge >= 0.3 is 0 Å². The number of rotatable bonds is 5. The largest absolute Gasteiger partial charge is 0.309 e. The number of nitrogens with zero attached hydrogens (tertiary/aromatic N) is 1. The minimum Gasteiger partial charge on any atom is -0.309 e. The molecular weight excluding hydrogens is 320 g/mol. The standard InChI is InChI=1S/C15H19BrN2S/c1-4-17-13(14-8-11(3)15(16)19-14)9-12-10(2)6-5-7-18-12/h5-8,13,17H,4,9H2,1-3H3. The molecule has 2 heterocycles. The van der Waals surface area contributed by atoms with Crippen LogP contribution in [-0.2, 0) is 6.42 Å². The number of aryl methyl sites for hydroxylation is 2. The van der Waals surface area contributed by atoms with E-state index in [-0.39, 0.29) is 0 Å². The summed E-state index contributed by atoms with van der Waals surface area (Å²) in [5, 5.41) is 3.56. The van der Waals surface area contributed by atoms with Crippen LogP contribution < -0.4 is 5.32 Å². The molecule has 0 saturated heterocycles. The summed E-state index contributed by atoms with van der Waals surface area (Å²) >= 11 is 5.42. The molecule has 0 saturated carbocycles. The van der Waals surface area contributed by atoms with Crippen LogP contribution in [-0.4, -0.2) is 11.5 Å². The molecule has 0 aliphatic heterocycles. The van der Waals surface area contributed by atoms with Crippen LogP contribution >= 0.6 is 27.3 Å². The van der Waals surface area contributed by atoms with Crippen molar-refractivity contribution < 1.29 is 0 Å². The minimum atomic E-state index is 0.341. The lowest BCUT2D eigenvalue weighted by Gasteiger charge is -2.17. The maximum atomic E-state index is 4.51. The van der Waals surface area contributed by atoms with E-state index >= 15 is 0 Å². The van der Waals surface area contributed by atoms with Crippen LogP contribution in [0.5, 0.6) is 0 Å². The highest BCUT2D eigenvalue weighted by Gasteiger charge is 2.16. The van der Waals surface area contributed by atoms with Gasteiger partial charge in [0.2, 0.25) is 0 Å². The number of halogens is 1. The van der Waals surface area contributed by atoms with E-state index in [1.54, 1.807) is 0 Å². The fourth-order valence-corrected chi connectivity index (χ4v) is 3.75. The average Bonchev–Trinajstić information content (AvgIpc) is 2.72. The molecule has 19 heavy (non-hydrogen) atoms. The van der Waals surface area contributed by atoms with E-state index in [9.17, 15) is 0 Å². The smallest absolute Gasteiger partial charge is 0.0731 e. The van der Waals surface area contributed by atoms with Gasteiger partial charge in [-0.05, 0) is 59.6 Å². The van der Waals surface area contributed by atoms with Crippen LogP contribution in [0, 0.1) is 13.8 Å². The van der Waals surface area contributed by atoms with Gasteiger partial charge in [-0.25, -0.2) is 0 Å². The molecule has 2 aromatic rings. The van der Waals surface area contributed by atoms with Gasteiger partial charge in [-0.1, -0.05) is 13.0 Å². The molecule has 0 bridgehead atoms. The third-order valence-electron chi connectivity index (χ3n) is 3.19. The molecule has 1 atom stereocenters. The summed E-state index contributed by atoms with van der Waals surface area (Å²) in [5.41, 5.74) is 3.74. The highest BCUT2D eigenvalue weighted by Crippen LogP contribution is 2.32. The molecule has 2 aromatic heterocycles. The van der Waals surface area contributed by atoms with Crippen molar-refractivity contribution in [2.45, 2.75) is 33.2 Å². The molecule has 2 nitrogen and oxygen atoms in total. The summed E-state index contributed by atoms with van der Waals surface area (Å²) in [6, 6.07) is 6.72. The van der Waals surface area contributed by atoms with E-state index in [0.29, 0.717) is 6.04 Å². The van der Waals surface area contributed by atoms with E-state index in [1.807, 2.05) is 23.6 Å². The lowest BCUT2D eigenvalue weighted by atomic mass is 10.1. The van der Waals surface area contributed by atoms with Crippen LogP contribution in [0.3, 0.4) is 0 Å². The third kappa shape index (κ3) is 3.65. The van der Waals surface area contributed by atoms with Crippen molar-refractivity contribution >= 4 is 27.3 Å². The van der Waals surface area contributed by atoms with Gasteiger partial charge in [-0.3, -0.25) is 4.98 Å². The van der Waals surface area contributed by atoms with Crippen LogP contribution in [0.2, 0.25) is 0 Å². The molecule has 0 fully saturated rings. The molecule has 0 spiro atoms. The predicted molar refractivity (Wildman–Crippen MR) is 85.9 cm³/mol.